The molecule has 2 aliphatic rings. The van der Waals surface area contributed by atoms with Gasteiger partial charge < -0.3 is 9.64 Å². The maximum Gasteiger partial charge on any atom is 0.285 e. The summed E-state index contributed by atoms with van der Waals surface area (Å²) in [5.74, 6) is -0.0816. The molecule has 5 nitrogen and oxygen atoms in total. The van der Waals surface area contributed by atoms with Gasteiger partial charge in [0.2, 0.25) is 0 Å². The number of hydrogen-bond acceptors (Lipinski definition) is 4. The van der Waals surface area contributed by atoms with Gasteiger partial charge in [0.05, 0.1) is 22.5 Å². The van der Waals surface area contributed by atoms with Crippen LogP contribution in [0.5, 0.6) is 0 Å². The lowest BCUT2D eigenvalue weighted by atomic mass is 9.91. The van der Waals surface area contributed by atoms with E-state index in [-0.39, 0.29) is 11.8 Å². The molecule has 0 amide bonds. The summed E-state index contributed by atoms with van der Waals surface area (Å²) in [6.07, 6.45) is 3.60. The minimum absolute atomic E-state index is 0.00518. The number of rotatable bonds is 7. The van der Waals surface area contributed by atoms with Crippen molar-refractivity contribution in [2.24, 2.45) is 0 Å². The van der Waals surface area contributed by atoms with Crippen molar-refractivity contribution in [1.82, 2.24) is 9.78 Å². The fourth-order valence-electron chi connectivity index (χ4n) is 4.51. The van der Waals surface area contributed by atoms with E-state index in [4.69, 9.17) is 9.84 Å². The van der Waals surface area contributed by atoms with E-state index in [1.54, 1.807) is 4.68 Å². The SMILES string of the molecule is CC1=C(Br)C(=O)n2nc(-c3ccccc3)c(N3CCCCC3)c2C1COCC[Si](C)(C)C. The van der Waals surface area contributed by atoms with Gasteiger partial charge in [-0.2, -0.15) is 9.78 Å². The highest BCUT2D eigenvalue weighted by atomic mass is 79.9. The van der Waals surface area contributed by atoms with E-state index in [0.29, 0.717) is 11.1 Å². The van der Waals surface area contributed by atoms with Gasteiger partial charge in [-0.25, -0.2) is 0 Å². The van der Waals surface area contributed by atoms with Crippen LogP contribution < -0.4 is 4.90 Å². The Hall–Kier alpha value is -1.70. The normalized spacial score (nSPS) is 19.5. The number of piperidine rings is 1. The quantitative estimate of drug-likeness (QED) is 0.320. The molecule has 1 aromatic carbocycles. The Bertz CT molecular complexity index is 1000. The number of allylic oxidation sites excluding steroid dienone is 1. The summed E-state index contributed by atoms with van der Waals surface area (Å²) in [5, 5.41) is 4.89. The number of hydrogen-bond donors (Lipinski definition) is 0. The minimum atomic E-state index is -1.16. The zero-order valence-corrected chi connectivity index (χ0v) is 22.2. The highest BCUT2D eigenvalue weighted by Crippen LogP contribution is 2.45. The van der Waals surface area contributed by atoms with Crippen molar-refractivity contribution in [2.45, 2.75) is 57.8 Å². The van der Waals surface area contributed by atoms with E-state index < -0.39 is 8.07 Å². The molecule has 0 radical (unpaired) electrons. The van der Waals surface area contributed by atoms with Crippen molar-refractivity contribution in [3.63, 3.8) is 0 Å². The van der Waals surface area contributed by atoms with Crippen LogP contribution in [0.2, 0.25) is 25.7 Å². The molecule has 1 saturated heterocycles. The first-order valence-electron chi connectivity index (χ1n) is 11.7. The first-order chi connectivity index (χ1) is 15.3. The van der Waals surface area contributed by atoms with Gasteiger partial charge in [0.25, 0.3) is 5.91 Å². The molecule has 32 heavy (non-hydrogen) atoms. The van der Waals surface area contributed by atoms with E-state index >= 15 is 0 Å². The number of benzene rings is 1. The lowest BCUT2D eigenvalue weighted by molar-refractivity contribution is 0.0925. The molecule has 1 fully saturated rings. The second-order valence-electron chi connectivity index (χ2n) is 10.1. The smallest absolute Gasteiger partial charge is 0.285 e. The van der Waals surface area contributed by atoms with Crippen molar-refractivity contribution < 1.29 is 9.53 Å². The summed E-state index contributed by atoms with van der Waals surface area (Å²) in [7, 11) is -1.16. The second kappa shape index (κ2) is 9.65. The lowest BCUT2D eigenvalue weighted by Gasteiger charge is -2.33. The topological polar surface area (TPSA) is 47.4 Å². The molecule has 0 N–H and O–H groups in total. The standard InChI is InChI=1S/C25H34BrN3O2Si/c1-18-20(17-31-15-16-32(2,3)4)23-24(28-13-9-6-10-14-28)22(19-11-7-5-8-12-19)27-29(23)25(30)21(18)26/h5,7-8,11-12,20H,6,9-10,13-17H2,1-4H3. The monoisotopic (exact) mass is 515 g/mol. The van der Waals surface area contributed by atoms with E-state index in [1.165, 1.54) is 19.3 Å². The molecule has 0 bridgehead atoms. The predicted molar refractivity (Wildman–Crippen MR) is 138 cm³/mol. The number of fused-ring (bicyclic) bond motifs is 1. The molecule has 0 spiro atoms. The summed E-state index contributed by atoms with van der Waals surface area (Å²) >= 11 is 3.56. The van der Waals surface area contributed by atoms with Crippen LogP contribution in [0.15, 0.2) is 40.4 Å². The van der Waals surface area contributed by atoms with Crippen LogP contribution in [-0.2, 0) is 4.74 Å². The van der Waals surface area contributed by atoms with Gasteiger partial charge in [0.15, 0.2) is 0 Å². The van der Waals surface area contributed by atoms with Crippen molar-refractivity contribution in [3.8, 4) is 11.3 Å². The molecule has 1 aromatic heterocycles. The number of carbonyl (C=O) groups excluding carboxylic acids is 1. The maximum absolute atomic E-state index is 13.3. The molecule has 172 valence electrons. The van der Waals surface area contributed by atoms with E-state index in [2.05, 4.69) is 52.6 Å². The number of halogens is 1. The second-order valence-corrected chi connectivity index (χ2v) is 16.6. The van der Waals surface area contributed by atoms with Crippen molar-refractivity contribution in [3.05, 3.63) is 46.1 Å². The highest BCUT2D eigenvalue weighted by molar-refractivity contribution is 9.12. The zero-order chi connectivity index (χ0) is 22.9. The fraction of sp³-hybridized carbons (Fsp3) is 0.520. The van der Waals surface area contributed by atoms with Crippen LogP contribution in [0.25, 0.3) is 11.3 Å². The molecule has 3 heterocycles. The first-order valence-corrected chi connectivity index (χ1v) is 16.2. The molecular weight excluding hydrogens is 482 g/mol. The third-order valence-electron chi connectivity index (χ3n) is 6.47. The Labute approximate surface area is 201 Å². The van der Waals surface area contributed by atoms with Crippen LogP contribution in [0.3, 0.4) is 0 Å². The molecule has 7 heteroatoms. The highest BCUT2D eigenvalue weighted by Gasteiger charge is 2.38. The third kappa shape index (κ3) is 4.80. The van der Waals surface area contributed by atoms with Gasteiger partial charge in [-0.3, -0.25) is 4.79 Å². The Kier molecular flexibility index (Phi) is 7.08. The van der Waals surface area contributed by atoms with Crippen LogP contribution in [0.4, 0.5) is 5.69 Å². The Balaban J connectivity index is 1.77. The maximum atomic E-state index is 13.3. The molecule has 4 rings (SSSR count). The summed E-state index contributed by atoms with van der Waals surface area (Å²) in [6, 6.07) is 11.4. The van der Waals surface area contributed by atoms with Crippen molar-refractivity contribution in [1.29, 1.82) is 0 Å². The molecule has 0 saturated carbocycles. The zero-order valence-electron chi connectivity index (χ0n) is 19.7. The van der Waals surface area contributed by atoms with Gasteiger partial charge in [0, 0.05) is 39.3 Å². The Morgan fingerprint density at radius 2 is 1.81 bits per heavy atom. The van der Waals surface area contributed by atoms with Crippen LogP contribution in [0.1, 0.15) is 42.6 Å². The van der Waals surface area contributed by atoms with E-state index in [1.807, 2.05) is 25.1 Å². The largest absolute Gasteiger partial charge is 0.381 e. The number of anilines is 1. The number of nitrogens with zero attached hydrogens (tertiary/aromatic N) is 3. The first kappa shape index (κ1) is 23.5. The fourth-order valence-corrected chi connectivity index (χ4v) is 5.71. The van der Waals surface area contributed by atoms with Gasteiger partial charge in [-0.15, -0.1) is 0 Å². The summed E-state index contributed by atoms with van der Waals surface area (Å²) in [6.45, 7) is 12.5. The molecule has 1 atom stereocenters. The molecule has 0 aliphatic carbocycles. The average Bonchev–Trinajstić information content (AvgIpc) is 3.18. The number of aromatic nitrogens is 2. The van der Waals surface area contributed by atoms with Crippen molar-refractivity contribution in [2.75, 3.05) is 31.2 Å². The van der Waals surface area contributed by atoms with Gasteiger partial charge in [-0.05, 0) is 53.7 Å². The Morgan fingerprint density at radius 3 is 2.47 bits per heavy atom. The molecule has 1 unspecified atom stereocenters. The van der Waals surface area contributed by atoms with E-state index in [9.17, 15) is 4.79 Å². The van der Waals surface area contributed by atoms with Crippen LogP contribution in [0, 0.1) is 0 Å². The van der Waals surface area contributed by atoms with E-state index in [0.717, 1.165) is 54.0 Å². The molecule has 2 aliphatic heterocycles. The third-order valence-corrected chi connectivity index (χ3v) is 9.14. The molecule has 2 aromatic rings. The van der Waals surface area contributed by atoms with Gasteiger partial charge >= 0.3 is 0 Å². The van der Waals surface area contributed by atoms with Crippen molar-refractivity contribution >= 4 is 35.6 Å². The lowest BCUT2D eigenvalue weighted by Crippen LogP contribution is -2.33. The summed E-state index contributed by atoms with van der Waals surface area (Å²) in [5.41, 5.74) is 5.09. The minimum Gasteiger partial charge on any atom is -0.381 e. The number of ether oxygens (including phenoxy) is 1. The van der Waals surface area contributed by atoms with Gasteiger partial charge in [-0.1, -0.05) is 50.0 Å². The van der Waals surface area contributed by atoms with Crippen LogP contribution in [-0.4, -0.2) is 50.1 Å². The molecular formula is C25H34BrN3O2Si. The Morgan fingerprint density at radius 1 is 1.12 bits per heavy atom. The van der Waals surface area contributed by atoms with Gasteiger partial charge in [0.1, 0.15) is 5.69 Å². The summed E-state index contributed by atoms with van der Waals surface area (Å²) in [4.78, 5) is 15.7. The average molecular weight is 517 g/mol. The number of carbonyl (C=O) groups is 1. The predicted octanol–water partition coefficient (Wildman–Crippen LogP) is 6.30. The summed E-state index contributed by atoms with van der Waals surface area (Å²) < 4.78 is 8.47. The van der Waals surface area contributed by atoms with Crippen LogP contribution >= 0.6 is 15.9 Å².